The minimum absolute atomic E-state index is 0. The van der Waals surface area contributed by atoms with Crippen molar-refractivity contribution in [2.24, 2.45) is 7.05 Å². The summed E-state index contributed by atoms with van der Waals surface area (Å²) in [4.78, 5) is 0. The number of nitrogens with zero attached hydrogens (tertiary/aromatic N) is 2. The maximum atomic E-state index is 14.6. The van der Waals surface area contributed by atoms with Crippen molar-refractivity contribution >= 4 is 36.2 Å². The molecular weight excluding hydrogens is 416 g/mol. The van der Waals surface area contributed by atoms with Crippen molar-refractivity contribution in [3.63, 3.8) is 0 Å². The van der Waals surface area contributed by atoms with Crippen LogP contribution in [-0.2, 0) is 25.4 Å². The number of hydrogen-bond donors (Lipinski definition) is 1. The zero-order chi connectivity index (χ0) is 18.8. The Kier molecular flexibility index (Phi) is 5.41. The van der Waals surface area contributed by atoms with Crippen LogP contribution in [0.1, 0.15) is 55.0 Å². The number of benzene rings is 1. The number of imidazole rings is 1. The molecule has 2 aliphatic carbocycles. The molecule has 3 aliphatic rings. The Morgan fingerprint density at radius 2 is 2.07 bits per heavy atom. The van der Waals surface area contributed by atoms with Crippen molar-refractivity contribution in [3.05, 3.63) is 50.8 Å². The van der Waals surface area contributed by atoms with Gasteiger partial charge in [0.2, 0.25) is 0 Å². The minimum atomic E-state index is -0.153. The lowest BCUT2D eigenvalue weighted by atomic mass is 9.93. The molecule has 0 unspecified atom stereocenters. The molecule has 1 aliphatic heterocycles. The van der Waals surface area contributed by atoms with Crippen LogP contribution in [0.4, 0.5) is 4.39 Å². The highest BCUT2D eigenvalue weighted by molar-refractivity contribution is 7.71. The van der Waals surface area contributed by atoms with Gasteiger partial charge in [0.25, 0.3) is 0 Å². The Morgan fingerprint density at radius 3 is 2.82 bits per heavy atom. The highest BCUT2D eigenvalue weighted by Gasteiger charge is 2.63. The highest BCUT2D eigenvalue weighted by atomic mass is 35.5. The van der Waals surface area contributed by atoms with E-state index in [0.29, 0.717) is 17.0 Å². The van der Waals surface area contributed by atoms with Crippen LogP contribution in [-0.4, -0.2) is 21.7 Å². The molecule has 0 saturated heterocycles. The van der Waals surface area contributed by atoms with Gasteiger partial charge in [0, 0.05) is 60.3 Å². The number of nitrogens with one attached hydrogen (secondary N) is 1. The first-order valence-corrected chi connectivity index (χ1v) is 10.8. The molecule has 1 N–H and O–H groups in total. The van der Waals surface area contributed by atoms with E-state index in [1.807, 2.05) is 6.07 Å². The highest BCUT2D eigenvalue weighted by Crippen LogP contribution is 2.66. The van der Waals surface area contributed by atoms with E-state index in [-0.39, 0.29) is 23.6 Å². The van der Waals surface area contributed by atoms with E-state index >= 15 is 0 Å². The van der Waals surface area contributed by atoms with Crippen molar-refractivity contribution in [2.75, 3.05) is 6.54 Å². The molecule has 2 atom stereocenters. The molecule has 3 nitrogen and oxygen atoms in total. The third kappa shape index (κ3) is 3.06. The van der Waals surface area contributed by atoms with Crippen LogP contribution in [0.25, 0.3) is 0 Å². The van der Waals surface area contributed by atoms with Crippen LogP contribution >= 0.6 is 36.2 Å². The molecule has 0 spiro atoms. The van der Waals surface area contributed by atoms with E-state index in [0.717, 1.165) is 36.3 Å². The summed E-state index contributed by atoms with van der Waals surface area (Å²) >= 11 is 11.9. The van der Waals surface area contributed by atoms with E-state index in [2.05, 4.69) is 21.5 Å². The van der Waals surface area contributed by atoms with Crippen molar-refractivity contribution in [3.8, 4) is 0 Å². The van der Waals surface area contributed by atoms with Gasteiger partial charge in [0.1, 0.15) is 5.82 Å². The van der Waals surface area contributed by atoms with Gasteiger partial charge in [-0.25, -0.2) is 4.39 Å². The summed E-state index contributed by atoms with van der Waals surface area (Å²) in [6.07, 6.45) is 7.26. The quantitative estimate of drug-likeness (QED) is 0.636. The van der Waals surface area contributed by atoms with Crippen molar-refractivity contribution < 1.29 is 4.39 Å². The van der Waals surface area contributed by atoms with Gasteiger partial charge >= 0.3 is 0 Å². The lowest BCUT2D eigenvalue weighted by Crippen LogP contribution is -2.28. The smallest absolute Gasteiger partial charge is 0.180 e. The molecule has 2 aromatic rings. The van der Waals surface area contributed by atoms with Crippen molar-refractivity contribution in [2.45, 2.75) is 62.4 Å². The predicted octanol–water partition coefficient (Wildman–Crippen LogP) is 5.28. The van der Waals surface area contributed by atoms with Gasteiger partial charge in [0.05, 0.1) is 0 Å². The molecule has 2 fully saturated rings. The second-order valence-electron chi connectivity index (χ2n) is 8.48. The first kappa shape index (κ1) is 20.4. The van der Waals surface area contributed by atoms with Gasteiger partial charge < -0.3 is 14.5 Å². The number of rotatable bonds is 5. The van der Waals surface area contributed by atoms with Gasteiger partial charge in [-0.15, -0.1) is 12.4 Å². The Balaban J connectivity index is 0.00000192. The average molecular weight is 442 g/mol. The van der Waals surface area contributed by atoms with Crippen LogP contribution in [0.15, 0.2) is 18.2 Å². The van der Waals surface area contributed by atoms with E-state index in [9.17, 15) is 4.39 Å². The lowest BCUT2D eigenvalue weighted by Gasteiger charge is -2.15. The standard InChI is InChI=1S/C21H25ClFN3S.ClH/c1-25-18(8-9-24-14-4-2-3-5-14)19-16-11-21(16,12-26(19)20(25)27)15-10-13(22)6-7-17(15)23;/h6-7,10,14,16,24H,2-5,8-9,11-12H2,1H3;1H/t16-,21+;/m0./s1. The lowest BCUT2D eigenvalue weighted by molar-refractivity contribution is 0.520. The molecule has 2 saturated carbocycles. The predicted molar refractivity (Wildman–Crippen MR) is 116 cm³/mol. The van der Waals surface area contributed by atoms with Gasteiger partial charge in [-0.05, 0) is 55.2 Å². The number of aromatic nitrogens is 2. The number of hydrogen-bond acceptors (Lipinski definition) is 2. The summed E-state index contributed by atoms with van der Waals surface area (Å²) in [5.41, 5.74) is 3.25. The molecule has 0 amide bonds. The van der Waals surface area contributed by atoms with Gasteiger partial charge in [-0.2, -0.15) is 0 Å². The SMILES string of the molecule is Cl.Cn1c(CCNC2CCCC2)c2n(c1=S)C[C@@]1(c3cc(Cl)ccc3F)C[C@@H]21. The minimum Gasteiger partial charge on any atom is -0.324 e. The summed E-state index contributed by atoms with van der Waals surface area (Å²) in [7, 11) is 2.07. The van der Waals surface area contributed by atoms with Gasteiger partial charge in [0.15, 0.2) is 4.77 Å². The first-order valence-electron chi connectivity index (χ1n) is 9.98. The Labute approximate surface area is 181 Å². The van der Waals surface area contributed by atoms with Crippen molar-refractivity contribution in [1.82, 2.24) is 14.5 Å². The van der Waals surface area contributed by atoms with Crippen LogP contribution in [0, 0.1) is 10.6 Å². The fourth-order valence-corrected chi connectivity index (χ4v) is 5.92. The van der Waals surface area contributed by atoms with Crippen LogP contribution in [0.2, 0.25) is 5.02 Å². The molecule has 28 heavy (non-hydrogen) atoms. The normalized spacial score (nSPS) is 25.5. The molecular formula is C21H26Cl2FN3S. The van der Waals surface area contributed by atoms with E-state index in [4.69, 9.17) is 23.8 Å². The van der Waals surface area contributed by atoms with E-state index < -0.39 is 0 Å². The van der Waals surface area contributed by atoms with Gasteiger partial charge in [-0.3, -0.25) is 0 Å². The molecule has 0 bridgehead atoms. The monoisotopic (exact) mass is 441 g/mol. The summed E-state index contributed by atoms with van der Waals surface area (Å²) in [5, 5.41) is 4.31. The maximum absolute atomic E-state index is 14.6. The summed E-state index contributed by atoms with van der Waals surface area (Å²) in [5.74, 6) is 0.210. The molecule has 5 rings (SSSR count). The summed E-state index contributed by atoms with van der Waals surface area (Å²) in [6.45, 7) is 1.75. The van der Waals surface area contributed by atoms with E-state index in [1.54, 1.807) is 6.07 Å². The molecule has 1 aromatic heterocycles. The second kappa shape index (κ2) is 7.42. The summed E-state index contributed by atoms with van der Waals surface area (Å²) < 4.78 is 19.8. The molecule has 152 valence electrons. The third-order valence-corrected chi connectivity index (χ3v) is 7.70. The number of halogens is 3. The molecule has 1 aromatic carbocycles. The topological polar surface area (TPSA) is 21.9 Å². The zero-order valence-corrected chi connectivity index (χ0v) is 18.4. The zero-order valence-electron chi connectivity index (χ0n) is 16.0. The fourth-order valence-electron chi connectivity index (χ4n) is 5.47. The first-order chi connectivity index (χ1) is 13.0. The van der Waals surface area contributed by atoms with Crippen LogP contribution in [0.3, 0.4) is 0 Å². The largest absolute Gasteiger partial charge is 0.324 e. The average Bonchev–Trinajstić information content (AvgIpc) is 2.97. The Morgan fingerprint density at radius 1 is 1.32 bits per heavy atom. The maximum Gasteiger partial charge on any atom is 0.180 e. The molecule has 2 heterocycles. The second-order valence-corrected chi connectivity index (χ2v) is 9.28. The third-order valence-electron chi connectivity index (χ3n) is 6.97. The van der Waals surface area contributed by atoms with Crippen LogP contribution in [0.5, 0.6) is 0 Å². The van der Waals surface area contributed by atoms with Crippen molar-refractivity contribution in [1.29, 1.82) is 0 Å². The Hall–Kier alpha value is -0.880. The van der Waals surface area contributed by atoms with Crippen LogP contribution < -0.4 is 5.32 Å². The van der Waals surface area contributed by atoms with Gasteiger partial charge in [-0.1, -0.05) is 24.4 Å². The Bertz CT molecular complexity index is 963. The summed E-state index contributed by atoms with van der Waals surface area (Å²) in [6, 6.07) is 5.61. The number of fused-ring (bicyclic) bond motifs is 3. The fraction of sp³-hybridized carbons (Fsp3) is 0.571. The van der Waals surface area contributed by atoms with E-state index in [1.165, 1.54) is 43.1 Å². The molecule has 7 heteroatoms. The molecule has 0 radical (unpaired) electrons.